The van der Waals surface area contributed by atoms with Crippen LogP contribution in [-0.2, 0) is 39.9 Å². The molecule has 2 aliphatic rings. The van der Waals surface area contributed by atoms with E-state index >= 15 is 0 Å². The van der Waals surface area contributed by atoms with Gasteiger partial charge in [-0.1, -0.05) is 35.6 Å². The van der Waals surface area contributed by atoms with Gasteiger partial charge in [-0.25, -0.2) is 0 Å². The van der Waals surface area contributed by atoms with E-state index in [0.29, 0.717) is 23.0 Å². The number of anilines is 2. The van der Waals surface area contributed by atoms with Crippen molar-refractivity contribution in [3.8, 4) is 0 Å². The van der Waals surface area contributed by atoms with Crippen molar-refractivity contribution in [1.29, 1.82) is 0 Å². The Bertz CT molecular complexity index is 1290. The topological polar surface area (TPSA) is 87.7 Å². The van der Waals surface area contributed by atoms with Crippen LogP contribution < -0.4 is 10.2 Å². The molecule has 2 fully saturated rings. The number of benzene rings is 2. The number of morpholine rings is 1. The van der Waals surface area contributed by atoms with Crippen molar-refractivity contribution in [2.75, 3.05) is 43.1 Å². The molecule has 8 nitrogen and oxygen atoms in total. The second kappa shape index (κ2) is 11.8. The first-order chi connectivity index (χ1) is 18.7. The summed E-state index contributed by atoms with van der Waals surface area (Å²) in [4.78, 5) is 29.5. The molecule has 1 unspecified atom stereocenters. The Hall–Kier alpha value is -3.35. The molecule has 1 N–H and O–H groups in total. The first kappa shape index (κ1) is 27.2. The Balaban J connectivity index is 1.11. The minimum absolute atomic E-state index is 0.106. The quantitative estimate of drug-likeness (QED) is 0.446. The minimum Gasteiger partial charge on any atom is -0.379 e. The lowest BCUT2D eigenvalue weighted by atomic mass is 10.1. The molecule has 12 heteroatoms. The van der Waals surface area contributed by atoms with E-state index in [0.717, 1.165) is 61.8 Å². The SMILES string of the molecule is O=C(Nc1nnc(CCc2ccc(C(F)(F)F)cc2)s1)C1CC(=O)N(c2ccc(CN3CCOCC3)cc2)C1. The molecule has 0 saturated carbocycles. The van der Waals surface area contributed by atoms with Crippen molar-refractivity contribution in [2.45, 2.75) is 32.0 Å². The van der Waals surface area contributed by atoms with Crippen LogP contribution in [0.15, 0.2) is 48.5 Å². The number of hydrogen-bond donors (Lipinski definition) is 1. The fourth-order valence-corrected chi connectivity index (χ4v) is 5.40. The zero-order chi connectivity index (χ0) is 27.4. The van der Waals surface area contributed by atoms with Gasteiger partial charge in [0, 0.05) is 44.7 Å². The van der Waals surface area contributed by atoms with Crippen molar-refractivity contribution < 1.29 is 27.5 Å². The molecule has 39 heavy (non-hydrogen) atoms. The average Bonchev–Trinajstić information content (AvgIpc) is 3.54. The maximum atomic E-state index is 12.9. The van der Waals surface area contributed by atoms with Crippen molar-refractivity contribution in [2.24, 2.45) is 5.92 Å². The van der Waals surface area contributed by atoms with Gasteiger partial charge in [0.15, 0.2) is 0 Å². The largest absolute Gasteiger partial charge is 0.416 e. The molecule has 3 heterocycles. The third-order valence-corrected chi connectivity index (χ3v) is 7.76. The van der Waals surface area contributed by atoms with Crippen molar-refractivity contribution >= 4 is 34.0 Å². The highest BCUT2D eigenvalue weighted by Gasteiger charge is 2.35. The Morgan fingerprint density at radius 3 is 2.38 bits per heavy atom. The first-order valence-electron chi connectivity index (χ1n) is 12.7. The highest BCUT2D eigenvalue weighted by Crippen LogP contribution is 2.30. The predicted octanol–water partition coefficient (Wildman–Crippen LogP) is 4.17. The van der Waals surface area contributed by atoms with E-state index in [4.69, 9.17) is 4.74 Å². The van der Waals surface area contributed by atoms with Gasteiger partial charge in [0.1, 0.15) is 5.01 Å². The number of ether oxygens (including phenoxy) is 1. The zero-order valence-electron chi connectivity index (χ0n) is 21.1. The molecule has 1 atom stereocenters. The summed E-state index contributed by atoms with van der Waals surface area (Å²) >= 11 is 1.22. The van der Waals surface area contributed by atoms with Crippen LogP contribution in [0.3, 0.4) is 0 Å². The van der Waals surface area contributed by atoms with Crippen molar-refractivity contribution in [1.82, 2.24) is 15.1 Å². The Morgan fingerprint density at radius 1 is 1.00 bits per heavy atom. The fraction of sp³-hybridized carbons (Fsp3) is 0.407. The summed E-state index contributed by atoms with van der Waals surface area (Å²) in [5.41, 5.74) is 1.99. The fourth-order valence-electron chi connectivity index (χ4n) is 4.66. The van der Waals surface area contributed by atoms with Crippen LogP contribution >= 0.6 is 11.3 Å². The number of aryl methyl sites for hydroxylation is 2. The zero-order valence-corrected chi connectivity index (χ0v) is 21.9. The van der Waals surface area contributed by atoms with Gasteiger partial charge in [0.05, 0.1) is 24.7 Å². The average molecular weight is 560 g/mol. The molecule has 0 radical (unpaired) electrons. The second-order valence-corrected chi connectivity index (χ2v) is 10.7. The molecule has 1 aromatic heterocycles. The Kier molecular flexibility index (Phi) is 8.24. The van der Waals surface area contributed by atoms with Crippen LogP contribution in [0.2, 0.25) is 0 Å². The summed E-state index contributed by atoms with van der Waals surface area (Å²) in [5, 5.41) is 11.9. The number of rotatable bonds is 8. The van der Waals surface area contributed by atoms with Crippen molar-refractivity contribution in [3.63, 3.8) is 0 Å². The monoisotopic (exact) mass is 559 g/mol. The molecular weight excluding hydrogens is 531 g/mol. The first-order valence-corrected chi connectivity index (χ1v) is 13.5. The Morgan fingerprint density at radius 2 is 1.69 bits per heavy atom. The van der Waals surface area contributed by atoms with E-state index in [-0.39, 0.29) is 24.8 Å². The lowest BCUT2D eigenvalue weighted by Gasteiger charge is -2.26. The molecular formula is C27H28F3N5O3S. The van der Waals surface area contributed by atoms with E-state index in [9.17, 15) is 22.8 Å². The predicted molar refractivity (Wildman–Crippen MR) is 140 cm³/mol. The molecule has 0 aliphatic carbocycles. The molecule has 2 aliphatic heterocycles. The summed E-state index contributed by atoms with van der Waals surface area (Å²) in [6, 6.07) is 12.9. The molecule has 2 amide bonds. The lowest BCUT2D eigenvalue weighted by molar-refractivity contribution is -0.137. The summed E-state index contributed by atoms with van der Waals surface area (Å²) < 4.78 is 43.6. The van der Waals surface area contributed by atoms with E-state index in [2.05, 4.69) is 20.4 Å². The molecule has 0 bridgehead atoms. The van der Waals surface area contributed by atoms with Crippen molar-refractivity contribution in [3.05, 3.63) is 70.2 Å². The maximum absolute atomic E-state index is 12.9. The van der Waals surface area contributed by atoms with Crippen LogP contribution in [0, 0.1) is 5.92 Å². The van der Waals surface area contributed by atoms with Gasteiger partial charge in [0.25, 0.3) is 0 Å². The van der Waals surface area contributed by atoms with Gasteiger partial charge >= 0.3 is 6.18 Å². The van der Waals surface area contributed by atoms with E-state index in [1.807, 2.05) is 24.3 Å². The van der Waals surface area contributed by atoms with Crippen LogP contribution in [0.1, 0.15) is 28.1 Å². The molecule has 2 saturated heterocycles. The van der Waals surface area contributed by atoms with Gasteiger partial charge < -0.3 is 15.0 Å². The van der Waals surface area contributed by atoms with E-state index in [1.165, 1.54) is 23.5 Å². The molecule has 2 aromatic carbocycles. The third-order valence-electron chi connectivity index (χ3n) is 6.86. The standard InChI is InChI=1S/C27H28F3N5O3S/c28-27(29,30)21-6-1-18(2-7-21)5-10-23-32-33-26(39-23)31-25(37)20-15-24(36)35(17-20)22-8-3-19(4-9-22)16-34-11-13-38-14-12-34/h1-4,6-9,20H,5,10-17H2,(H,31,33,37). The number of halogens is 3. The summed E-state index contributed by atoms with van der Waals surface area (Å²) in [5.74, 6) is -0.907. The van der Waals surface area contributed by atoms with Crippen LogP contribution in [0.25, 0.3) is 0 Å². The van der Waals surface area contributed by atoms with Crippen LogP contribution in [-0.4, -0.2) is 59.8 Å². The highest BCUT2D eigenvalue weighted by molar-refractivity contribution is 7.15. The lowest BCUT2D eigenvalue weighted by Crippen LogP contribution is -2.35. The van der Waals surface area contributed by atoms with Gasteiger partial charge in [-0.2, -0.15) is 13.2 Å². The number of nitrogens with zero attached hydrogens (tertiary/aromatic N) is 4. The number of hydrogen-bond acceptors (Lipinski definition) is 7. The smallest absolute Gasteiger partial charge is 0.379 e. The Labute approximate surface area is 227 Å². The number of amides is 2. The summed E-state index contributed by atoms with van der Waals surface area (Å²) in [7, 11) is 0. The number of carbonyl (C=O) groups is 2. The molecule has 0 spiro atoms. The van der Waals surface area contributed by atoms with E-state index < -0.39 is 17.7 Å². The van der Waals surface area contributed by atoms with Gasteiger partial charge in [-0.05, 0) is 41.8 Å². The molecule has 3 aromatic rings. The highest BCUT2D eigenvalue weighted by atomic mass is 32.1. The second-order valence-electron chi connectivity index (χ2n) is 9.65. The van der Waals surface area contributed by atoms with Gasteiger partial charge in [-0.15, -0.1) is 10.2 Å². The molecule has 5 rings (SSSR count). The number of alkyl halides is 3. The maximum Gasteiger partial charge on any atom is 0.416 e. The summed E-state index contributed by atoms with van der Waals surface area (Å²) in [6.45, 7) is 4.40. The van der Waals surface area contributed by atoms with E-state index in [1.54, 1.807) is 4.90 Å². The van der Waals surface area contributed by atoms with Crippen LogP contribution in [0.5, 0.6) is 0 Å². The van der Waals surface area contributed by atoms with Crippen LogP contribution in [0.4, 0.5) is 24.0 Å². The number of nitrogens with one attached hydrogen (secondary N) is 1. The third kappa shape index (κ3) is 7.00. The number of carbonyl (C=O) groups excluding carboxylic acids is 2. The number of aromatic nitrogens is 2. The summed E-state index contributed by atoms with van der Waals surface area (Å²) in [6.07, 6.45) is -3.27. The van der Waals surface area contributed by atoms with Gasteiger partial charge in [0.2, 0.25) is 16.9 Å². The normalized spacial score (nSPS) is 18.5. The van der Waals surface area contributed by atoms with Gasteiger partial charge in [-0.3, -0.25) is 14.5 Å². The minimum atomic E-state index is -4.36. The molecule has 206 valence electrons.